The van der Waals surface area contributed by atoms with E-state index in [-0.39, 0.29) is 0 Å². The lowest BCUT2D eigenvalue weighted by Crippen LogP contribution is -2.50. The van der Waals surface area contributed by atoms with Gasteiger partial charge in [-0.15, -0.1) is 0 Å². The van der Waals surface area contributed by atoms with Gasteiger partial charge >= 0.3 is 0 Å². The number of likely N-dealkylation sites (N-methyl/N-ethyl adjacent to an activating group) is 1. The Morgan fingerprint density at radius 1 is 1.14 bits per heavy atom. The molecule has 1 aromatic carbocycles. The molecular weight excluding hydrogens is 262 g/mol. The number of hydrogen-bond acceptors (Lipinski definition) is 4. The molecule has 1 aromatic rings. The first-order valence-corrected chi connectivity index (χ1v) is 8.09. The molecule has 1 N–H and O–H groups in total. The minimum atomic E-state index is 0.692. The van der Waals surface area contributed by atoms with Crippen molar-refractivity contribution in [3.8, 4) is 5.75 Å². The fourth-order valence-corrected chi connectivity index (χ4v) is 3.23. The van der Waals surface area contributed by atoms with Gasteiger partial charge < -0.3 is 15.0 Å². The van der Waals surface area contributed by atoms with E-state index in [1.807, 2.05) is 12.1 Å². The molecule has 0 spiro atoms. The summed E-state index contributed by atoms with van der Waals surface area (Å²) < 4.78 is 5.22. The molecule has 1 unspecified atom stereocenters. The Labute approximate surface area is 128 Å². The first-order valence-electron chi connectivity index (χ1n) is 8.09. The molecule has 4 heteroatoms. The number of hydrogen-bond donors (Lipinski definition) is 1. The van der Waals surface area contributed by atoms with Crippen LogP contribution >= 0.6 is 0 Å². The standard InChI is InChI=1S/C17H27N3O/c1-18-17(14-3-4-14)13-19-9-11-20(12-10-19)15-5-7-16(21-2)8-6-15/h5-8,14,17-18H,3-4,9-13H2,1-2H3. The second-order valence-electron chi connectivity index (χ2n) is 6.22. The average molecular weight is 289 g/mol. The van der Waals surface area contributed by atoms with Gasteiger partial charge in [0.1, 0.15) is 5.75 Å². The van der Waals surface area contributed by atoms with Crippen molar-refractivity contribution >= 4 is 5.69 Å². The molecule has 4 nitrogen and oxygen atoms in total. The Hall–Kier alpha value is -1.26. The lowest BCUT2D eigenvalue weighted by Gasteiger charge is -2.37. The zero-order chi connectivity index (χ0) is 14.7. The molecule has 0 radical (unpaired) electrons. The molecule has 1 aliphatic carbocycles. The van der Waals surface area contributed by atoms with E-state index in [4.69, 9.17) is 4.74 Å². The molecule has 1 atom stereocenters. The third kappa shape index (κ3) is 3.69. The SMILES string of the molecule is CNC(CN1CCN(c2ccc(OC)cc2)CC1)C1CC1. The number of methoxy groups -OCH3 is 1. The molecule has 2 aliphatic rings. The van der Waals surface area contributed by atoms with E-state index in [0.29, 0.717) is 6.04 Å². The van der Waals surface area contributed by atoms with Crippen LogP contribution in [-0.2, 0) is 0 Å². The number of ether oxygens (including phenoxy) is 1. The van der Waals surface area contributed by atoms with Crippen molar-refractivity contribution in [2.75, 3.05) is 51.8 Å². The topological polar surface area (TPSA) is 27.7 Å². The molecule has 2 fully saturated rings. The average Bonchev–Trinajstić information content (AvgIpc) is 3.38. The van der Waals surface area contributed by atoms with Gasteiger partial charge in [-0.2, -0.15) is 0 Å². The maximum Gasteiger partial charge on any atom is 0.119 e. The Morgan fingerprint density at radius 2 is 1.81 bits per heavy atom. The third-order valence-corrected chi connectivity index (χ3v) is 4.83. The smallest absolute Gasteiger partial charge is 0.119 e. The highest BCUT2D eigenvalue weighted by atomic mass is 16.5. The Balaban J connectivity index is 1.49. The van der Waals surface area contributed by atoms with Gasteiger partial charge in [0.2, 0.25) is 0 Å². The summed E-state index contributed by atoms with van der Waals surface area (Å²) in [6.45, 7) is 5.77. The van der Waals surface area contributed by atoms with Crippen LogP contribution in [-0.4, -0.2) is 57.8 Å². The predicted octanol–water partition coefficient (Wildman–Crippen LogP) is 1.82. The van der Waals surface area contributed by atoms with Crippen LogP contribution in [0.25, 0.3) is 0 Å². The van der Waals surface area contributed by atoms with Gasteiger partial charge in [0, 0.05) is 44.5 Å². The minimum Gasteiger partial charge on any atom is -0.497 e. The predicted molar refractivity (Wildman–Crippen MR) is 87.2 cm³/mol. The lowest BCUT2D eigenvalue weighted by atomic mass is 10.1. The van der Waals surface area contributed by atoms with Crippen molar-refractivity contribution in [1.29, 1.82) is 0 Å². The Morgan fingerprint density at radius 3 is 2.33 bits per heavy atom. The van der Waals surface area contributed by atoms with Crippen molar-refractivity contribution in [3.63, 3.8) is 0 Å². The quantitative estimate of drug-likeness (QED) is 0.864. The Kier molecular flexibility index (Phi) is 4.66. The molecular formula is C17H27N3O. The van der Waals surface area contributed by atoms with E-state index < -0.39 is 0 Å². The van der Waals surface area contributed by atoms with Crippen LogP contribution in [0.1, 0.15) is 12.8 Å². The highest BCUT2D eigenvalue weighted by molar-refractivity contribution is 5.49. The zero-order valence-electron chi connectivity index (χ0n) is 13.2. The second kappa shape index (κ2) is 6.67. The maximum atomic E-state index is 5.22. The van der Waals surface area contributed by atoms with E-state index >= 15 is 0 Å². The summed E-state index contributed by atoms with van der Waals surface area (Å²) >= 11 is 0. The van der Waals surface area contributed by atoms with Gasteiger partial charge in [-0.05, 0) is 50.1 Å². The van der Waals surface area contributed by atoms with E-state index in [2.05, 4.69) is 34.3 Å². The van der Waals surface area contributed by atoms with Crippen LogP contribution in [0.4, 0.5) is 5.69 Å². The summed E-state index contributed by atoms with van der Waals surface area (Å²) in [6, 6.07) is 9.11. The summed E-state index contributed by atoms with van der Waals surface area (Å²) in [7, 11) is 3.82. The van der Waals surface area contributed by atoms with Gasteiger partial charge in [-0.1, -0.05) is 0 Å². The number of piperazine rings is 1. The van der Waals surface area contributed by atoms with Crippen LogP contribution in [0.2, 0.25) is 0 Å². The van der Waals surface area contributed by atoms with E-state index in [0.717, 1.165) is 37.8 Å². The van der Waals surface area contributed by atoms with E-state index in [9.17, 15) is 0 Å². The first-order chi connectivity index (χ1) is 10.3. The van der Waals surface area contributed by atoms with Crippen molar-refractivity contribution in [3.05, 3.63) is 24.3 Å². The van der Waals surface area contributed by atoms with Gasteiger partial charge in [0.15, 0.2) is 0 Å². The first kappa shape index (κ1) is 14.7. The molecule has 1 saturated heterocycles. The molecule has 1 heterocycles. The van der Waals surface area contributed by atoms with Crippen molar-refractivity contribution in [1.82, 2.24) is 10.2 Å². The molecule has 3 rings (SSSR count). The monoisotopic (exact) mass is 289 g/mol. The number of rotatable bonds is 6. The summed E-state index contributed by atoms with van der Waals surface area (Å²) in [6.07, 6.45) is 2.83. The van der Waals surface area contributed by atoms with Crippen LogP contribution in [0.15, 0.2) is 24.3 Å². The van der Waals surface area contributed by atoms with Crippen LogP contribution in [0, 0.1) is 5.92 Å². The van der Waals surface area contributed by atoms with Gasteiger partial charge in [0.05, 0.1) is 7.11 Å². The highest BCUT2D eigenvalue weighted by Gasteiger charge is 2.31. The molecule has 0 aromatic heterocycles. The number of anilines is 1. The Bertz CT molecular complexity index is 436. The summed E-state index contributed by atoms with van der Waals surface area (Å²) in [5.74, 6) is 1.85. The third-order valence-electron chi connectivity index (χ3n) is 4.83. The number of benzene rings is 1. The number of nitrogens with one attached hydrogen (secondary N) is 1. The largest absolute Gasteiger partial charge is 0.497 e. The summed E-state index contributed by atoms with van der Waals surface area (Å²) in [4.78, 5) is 5.08. The molecule has 1 aliphatic heterocycles. The maximum absolute atomic E-state index is 5.22. The van der Waals surface area contributed by atoms with Crippen LogP contribution < -0.4 is 15.0 Å². The fraction of sp³-hybridized carbons (Fsp3) is 0.647. The zero-order valence-corrected chi connectivity index (χ0v) is 13.2. The molecule has 1 saturated carbocycles. The van der Waals surface area contributed by atoms with Crippen molar-refractivity contribution in [2.24, 2.45) is 5.92 Å². The van der Waals surface area contributed by atoms with Crippen molar-refractivity contribution < 1.29 is 4.74 Å². The summed E-state index contributed by atoms with van der Waals surface area (Å²) in [5, 5.41) is 3.50. The molecule has 116 valence electrons. The van der Waals surface area contributed by atoms with Gasteiger partial charge in [-0.25, -0.2) is 0 Å². The molecule has 0 amide bonds. The minimum absolute atomic E-state index is 0.692. The second-order valence-corrected chi connectivity index (χ2v) is 6.22. The number of nitrogens with zero attached hydrogens (tertiary/aromatic N) is 2. The molecule has 21 heavy (non-hydrogen) atoms. The van der Waals surface area contributed by atoms with E-state index in [1.54, 1.807) is 7.11 Å². The normalized spacial score (nSPS) is 21.3. The van der Waals surface area contributed by atoms with E-state index in [1.165, 1.54) is 25.1 Å². The van der Waals surface area contributed by atoms with Gasteiger partial charge in [0.25, 0.3) is 0 Å². The molecule has 0 bridgehead atoms. The van der Waals surface area contributed by atoms with Crippen LogP contribution in [0.5, 0.6) is 5.75 Å². The summed E-state index contributed by atoms with van der Waals surface area (Å²) in [5.41, 5.74) is 1.31. The lowest BCUT2D eigenvalue weighted by molar-refractivity contribution is 0.223. The van der Waals surface area contributed by atoms with Crippen LogP contribution in [0.3, 0.4) is 0 Å². The van der Waals surface area contributed by atoms with Crippen molar-refractivity contribution in [2.45, 2.75) is 18.9 Å². The van der Waals surface area contributed by atoms with Gasteiger partial charge in [-0.3, -0.25) is 4.90 Å². The highest BCUT2D eigenvalue weighted by Crippen LogP contribution is 2.33. The fourth-order valence-electron chi connectivity index (χ4n) is 3.23.